The number of nitrogens with zero attached hydrogens (tertiary/aromatic N) is 1. The van der Waals surface area contributed by atoms with Crippen LogP contribution in [0.1, 0.15) is 40.0 Å². The van der Waals surface area contributed by atoms with E-state index in [1.165, 1.54) is 0 Å². The fraction of sp³-hybridized carbons (Fsp3) is 0.917. The Kier molecular flexibility index (Phi) is 5.22. The average molecular weight is 228 g/mol. The predicted molar refractivity (Wildman–Crippen MR) is 63.9 cm³/mol. The Morgan fingerprint density at radius 3 is 2.81 bits per heavy atom. The minimum atomic E-state index is -0.579. The van der Waals surface area contributed by atoms with Gasteiger partial charge >= 0.3 is 0 Å². The minimum Gasteiger partial charge on any atom is -0.376 e. The quantitative estimate of drug-likeness (QED) is 0.689. The molecule has 0 aliphatic carbocycles. The Balaban J connectivity index is 2.34. The zero-order valence-corrected chi connectivity index (χ0v) is 10.6. The smallest absolute Gasteiger partial charge is 0.219 e. The van der Waals surface area contributed by atoms with Gasteiger partial charge in [0.1, 0.15) is 6.23 Å². The largest absolute Gasteiger partial charge is 0.376 e. The van der Waals surface area contributed by atoms with E-state index in [9.17, 15) is 9.90 Å². The second-order valence-corrected chi connectivity index (χ2v) is 5.00. The lowest BCUT2D eigenvalue weighted by atomic mass is 10.1. The van der Waals surface area contributed by atoms with E-state index in [1.807, 2.05) is 0 Å². The van der Waals surface area contributed by atoms with Gasteiger partial charge in [-0.15, -0.1) is 0 Å². The van der Waals surface area contributed by atoms with Gasteiger partial charge in [0, 0.05) is 13.5 Å². The van der Waals surface area contributed by atoms with Gasteiger partial charge in [-0.05, 0) is 31.7 Å². The van der Waals surface area contributed by atoms with Crippen molar-refractivity contribution in [2.45, 2.75) is 52.3 Å². The highest BCUT2D eigenvalue weighted by molar-refractivity contribution is 5.73. The standard InChI is InChI=1S/C12H24N2O2/c1-9(2)6-7-13-12(16)11-5-4-8-14(11)10(3)15/h9,11-13,16H,4-8H2,1-3H3. The number of aliphatic hydroxyl groups excluding tert-OH is 1. The summed E-state index contributed by atoms with van der Waals surface area (Å²) in [4.78, 5) is 13.1. The van der Waals surface area contributed by atoms with Crippen molar-refractivity contribution in [3.63, 3.8) is 0 Å². The van der Waals surface area contributed by atoms with Crippen LogP contribution in [0.5, 0.6) is 0 Å². The van der Waals surface area contributed by atoms with Crippen molar-refractivity contribution in [3.8, 4) is 0 Å². The van der Waals surface area contributed by atoms with Gasteiger partial charge in [-0.25, -0.2) is 0 Å². The van der Waals surface area contributed by atoms with Gasteiger partial charge < -0.3 is 10.0 Å². The van der Waals surface area contributed by atoms with Crippen molar-refractivity contribution < 1.29 is 9.90 Å². The van der Waals surface area contributed by atoms with E-state index in [0.717, 1.165) is 32.4 Å². The number of amides is 1. The molecule has 16 heavy (non-hydrogen) atoms. The topological polar surface area (TPSA) is 52.6 Å². The van der Waals surface area contributed by atoms with Crippen LogP contribution in [-0.4, -0.2) is 41.3 Å². The van der Waals surface area contributed by atoms with Crippen molar-refractivity contribution in [2.75, 3.05) is 13.1 Å². The SMILES string of the molecule is CC(=O)N1CCCC1C(O)NCCC(C)C. The molecule has 2 N–H and O–H groups in total. The number of rotatable bonds is 5. The summed E-state index contributed by atoms with van der Waals surface area (Å²) in [5, 5.41) is 13.1. The zero-order valence-electron chi connectivity index (χ0n) is 10.6. The normalized spacial score (nSPS) is 22.8. The summed E-state index contributed by atoms with van der Waals surface area (Å²) in [6.07, 6.45) is 2.36. The van der Waals surface area contributed by atoms with Crippen molar-refractivity contribution >= 4 is 5.91 Å². The number of likely N-dealkylation sites (tertiary alicyclic amines) is 1. The number of nitrogens with one attached hydrogen (secondary N) is 1. The zero-order chi connectivity index (χ0) is 12.1. The van der Waals surface area contributed by atoms with Crippen molar-refractivity contribution in [1.29, 1.82) is 0 Å². The monoisotopic (exact) mass is 228 g/mol. The van der Waals surface area contributed by atoms with Crippen molar-refractivity contribution in [2.24, 2.45) is 5.92 Å². The maximum atomic E-state index is 11.3. The molecule has 1 amide bonds. The van der Waals surface area contributed by atoms with E-state index in [-0.39, 0.29) is 11.9 Å². The Labute approximate surface area is 98.0 Å². The molecule has 1 aliphatic heterocycles. The van der Waals surface area contributed by atoms with Crippen LogP contribution >= 0.6 is 0 Å². The van der Waals surface area contributed by atoms with E-state index in [0.29, 0.717) is 5.92 Å². The summed E-state index contributed by atoms with van der Waals surface area (Å²) in [5.74, 6) is 0.694. The molecule has 2 atom stereocenters. The van der Waals surface area contributed by atoms with Gasteiger partial charge in [-0.3, -0.25) is 10.1 Å². The lowest BCUT2D eigenvalue weighted by Gasteiger charge is -2.28. The van der Waals surface area contributed by atoms with E-state index in [2.05, 4.69) is 19.2 Å². The molecule has 1 heterocycles. The molecule has 0 aromatic carbocycles. The molecule has 1 rings (SSSR count). The first-order chi connectivity index (χ1) is 7.52. The van der Waals surface area contributed by atoms with Crippen LogP contribution in [0.3, 0.4) is 0 Å². The van der Waals surface area contributed by atoms with Crippen LogP contribution in [0.25, 0.3) is 0 Å². The molecule has 0 saturated carbocycles. The molecular weight excluding hydrogens is 204 g/mol. The van der Waals surface area contributed by atoms with E-state index < -0.39 is 6.23 Å². The molecule has 0 aromatic rings. The summed E-state index contributed by atoms with van der Waals surface area (Å²) < 4.78 is 0. The van der Waals surface area contributed by atoms with Gasteiger partial charge in [-0.1, -0.05) is 13.8 Å². The molecule has 2 unspecified atom stereocenters. The highest BCUT2D eigenvalue weighted by atomic mass is 16.3. The Morgan fingerprint density at radius 1 is 1.56 bits per heavy atom. The minimum absolute atomic E-state index is 0.0373. The molecule has 1 fully saturated rings. The predicted octanol–water partition coefficient (Wildman–Crippen LogP) is 0.951. The van der Waals surface area contributed by atoms with Crippen molar-refractivity contribution in [3.05, 3.63) is 0 Å². The van der Waals surface area contributed by atoms with Crippen LogP contribution in [-0.2, 0) is 4.79 Å². The van der Waals surface area contributed by atoms with Crippen LogP contribution < -0.4 is 5.32 Å². The maximum absolute atomic E-state index is 11.3. The fourth-order valence-electron chi connectivity index (χ4n) is 2.17. The number of hydrogen-bond acceptors (Lipinski definition) is 3. The molecule has 0 aromatic heterocycles. The second kappa shape index (κ2) is 6.21. The van der Waals surface area contributed by atoms with Gasteiger partial charge in [0.2, 0.25) is 5.91 Å². The fourth-order valence-corrected chi connectivity index (χ4v) is 2.17. The Bertz CT molecular complexity index is 231. The number of carbonyl (C=O) groups is 1. The third-order valence-electron chi connectivity index (χ3n) is 3.14. The summed E-state index contributed by atoms with van der Waals surface area (Å²) in [5.41, 5.74) is 0. The summed E-state index contributed by atoms with van der Waals surface area (Å²) >= 11 is 0. The third kappa shape index (κ3) is 3.76. The van der Waals surface area contributed by atoms with Gasteiger partial charge in [0.25, 0.3) is 0 Å². The first kappa shape index (κ1) is 13.5. The summed E-state index contributed by atoms with van der Waals surface area (Å²) in [7, 11) is 0. The number of hydrogen-bond donors (Lipinski definition) is 2. The Morgan fingerprint density at radius 2 is 2.25 bits per heavy atom. The maximum Gasteiger partial charge on any atom is 0.219 e. The van der Waals surface area contributed by atoms with E-state index in [4.69, 9.17) is 0 Å². The first-order valence-corrected chi connectivity index (χ1v) is 6.21. The molecule has 0 radical (unpaired) electrons. The van der Waals surface area contributed by atoms with Crippen LogP contribution in [0.2, 0.25) is 0 Å². The lowest BCUT2D eigenvalue weighted by molar-refractivity contribution is -0.132. The lowest BCUT2D eigenvalue weighted by Crippen LogP contribution is -2.48. The van der Waals surface area contributed by atoms with Crippen LogP contribution in [0, 0.1) is 5.92 Å². The van der Waals surface area contributed by atoms with Crippen molar-refractivity contribution in [1.82, 2.24) is 10.2 Å². The molecule has 94 valence electrons. The molecular formula is C12H24N2O2. The Hall–Kier alpha value is -0.610. The highest BCUT2D eigenvalue weighted by Gasteiger charge is 2.31. The molecule has 4 nitrogen and oxygen atoms in total. The van der Waals surface area contributed by atoms with E-state index >= 15 is 0 Å². The molecule has 0 bridgehead atoms. The number of carbonyl (C=O) groups excluding carboxylic acids is 1. The van der Waals surface area contributed by atoms with Gasteiger partial charge in [-0.2, -0.15) is 0 Å². The number of aliphatic hydroxyl groups is 1. The molecule has 1 saturated heterocycles. The first-order valence-electron chi connectivity index (χ1n) is 6.21. The summed E-state index contributed by atoms with van der Waals surface area (Å²) in [6.45, 7) is 7.47. The third-order valence-corrected chi connectivity index (χ3v) is 3.14. The molecule has 0 spiro atoms. The van der Waals surface area contributed by atoms with Crippen LogP contribution in [0.4, 0.5) is 0 Å². The molecule has 4 heteroatoms. The second-order valence-electron chi connectivity index (χ2n) is 5.00. The summed E-state index contributed by atoms with van der Waals surface area (Å²) in [6, 6.07) is -0.0373. The average Bonchev–Trinajstić information content (AvgIpc) is 2.65. The van der Waals surface area contributed by atoms with Gasteiger partial charge in [0.05, 0.1) is 6.04 Å². The highest BCUT2D eigenvalue weighted by Crippen LogP contribution is 2.19. The van der Waals surface area contributed by atoms with E-state index in [1.54, 1.807) is 11.8 Å². The molecule has 1 aliphatic rings. The van der Waals surface area contributed by atoms with Gasteiger partial charge in [0.15, 0.2) is 0 Å². The van der Waals surface area contributed by atoms with Crippen LogP contribution in [0.15, 0.2) is 0 Å².